The molecule has 20 heavy (non-hydrogen) atoms. The number of carbonyl (C=O) groups is 1. The van der Waals surface area contributed by atoms with Gasteiger partial charge in [0.15, 0.2) is 0 Å². The molecule has 0 radical (unpaired) electrons. The van der Waals surface area contributed by atoms with E-state index in [1.54, 1.807) is 4.90 Å². The second-order valence-electron chi connectivity index (χ2n) is 6.50. The Morgan fingerprint density at radius 1 is 1.35 bits per heavy atom. The van der Waals surface area contributed by atoms with Gasteiger partial charge in [-0.2, -0.15) is 0 Å². The lowest BCUT2D eigenvalue weighted by Gasteiger charge is -2.36. The molecule has 1 aromatic carbocycles. The SMILES string of the molecule is CC(C)(C)C1C(N)CCN1C(=O)OCc1ccccc1. The molecule has 4 nitrogen and oxygen atoms in total. The second kappa shape index (κ2) is 5.83. The van der Waals surface area contributed by atoms with E-state index < -0.39 is 0 Å². The molecule has 1 aliphatic heterocycles. The van der Waals surface area contributed by atoms with Gasteiger partial charge in [-0.05, 0) is 17.4 Å². The molecule has 0 saturated carbocycles. The summed E-state index contributed by atoms with van der Waals surface area (Å²) in [4.78, 5) is 14.1. The Hall–Kier alpha value is -1.55. The quantitative estimate of drug-likeness (QED) is 0.903. The molecule has 1 heterocycles. The van der Waals surface area contributed by atoms with Crippen LogP contribution in [0.15, 0.2) is 30.3 Å². The van der Waals surface area contributed by atoms with Crippen LogP contribution in [0.1, 0.15) is 32.8 Å². The Kier molecular flexibility index (Phi) is 4.33. The Bertz CT molecular complexity index is 453. The summed E-state index contributed by atoms with van der Waals surface area (Å²) in [5.41, 5.74) is 7.11. The predicted molar refractivity (Wildman–Crippen MR) is 79.2 cm³/mol. The highest BCUT2D eigenvalue weighted by atomic mass is 16.6. The van der Waals surface area contributed by atoms with Gasteiger partial charge in [0.2, 0.25) is 0 Å². The third-order valence-electron chi connectivity index (χ3n) is 3.77. The number of hydrogen-bond acceptors (Lipinski definition) is 3. The summed E-state index contributed by atoms with van der Waals surface area (Å²) in [7, 11) is 0. The molecule has 0 spiro atoms. The van der Waals surface area contributed by atoms with Gasteiger partial charge in [-0.3, -0.25) is 0 Å². The summed E-state index contributed by atoms with van der Waals surface area (Å²) >= 11 is 0. The van der Waals surface area contributed by atoms with E-state index in [1.807, 2.05) is 30.3 Å². The van der Waals surface area contributed by atoms with E-state index in [9.17, 15) is 4.79 Å². The van der Waals surface area contributed by atoms with Crippen molar-refractivity contribution >= 4 is 6.09 Å². The van der Waals surface area contributed by atoms with Gasteiger partial charge >= 0.3 is 6.09 Å². The van der Waals surface area contributed by atoms with Gasteiger partial charge < -0.3 is 15.4 Å². The van der Waals surface area contributed by atoms with Gasteiger partial charge in [0.05, 0.1) is 6.04 Å². The van der Waals surface area contributed by atoms with Crippen molar-refractivity contribution in [3.8, 4) is 0 Å². The zero-order chi connectivity index (χ0) is 14.8. The summed E-state index contributed by atoms with van der Waals surface area (Å²) in [5.74, 6) is 0. The van der Waals surface area contributed by atoms with Crippen LogP contribution < -0.4 is 5.73 Å². The Morgan fingerprint density at radius 3 is 2.60 bits per heavy atom. The summed E-state index contributed by atoms with van der Waals surface area (Å²) < 4.78 is 5.42. The first-order valence-corrected chi connectivity index (χ1v) is 7.12. The van der Waals surface area contributed by atoms with Crippen LogP contribution in [0.4, 0.5) is 4.79 Å². The van der Waals surface area contributed by atoms with Crippen molar-refractivity contribution in [2.45, 2.75) is 45.9 Å². The number of hydrogen-bond donors (Lipinski definition) is 1. The smallest absolute Gasteiger partial charge is 0.410 e. The van der Waals surface area contributed by atoms with Crippen LogP contribution in [0.2, 0.25) is 0 Å². The van der Waals surface area contributed by atoms with Crippen LogP contribution in [0.5, 0.6) is 0 Å². The Morgan fingerprint density at radius 2 is 2.00 bits per heavy atom. The number of nitrogens with two attached hydrogens (primary N) is 1. The van der Waals surface area contributed by atoms with Crippen LogP contribution in [-0.4, -0.2) is 29.6 Å². The molecule has 0 aromatic heterocycles. The molecule has 0 aliphatic carbocycles. The number of benzene rings is 1. The first-order valence-electron chi connectivity index (χ1n) is 7.12. The lowest BCUT2D eigenvalue weighted by atomic mass is 9.83. The van der Waals surface area contributed by atoms with E-state index >= 15 is 0 Å². The van der Waals surface area contributed by atoms with Crippen molar-refractivity contribution in [3.63, 3.8) is 0 Å². The highest BCUT2D eigenvalue weighted by Gasteiger charge is 2.42. The van der Waals surface area contributed by atoms with Crippen LogP contribution in [0.25, 0.3) is 0 Å². The van der Waals surface area contributed by atoms with Gasteiger partial charge in [0.1, 0.15) is 6.61 Å². The largest absolute Gasteiger partial charge is 0.445 e. The van der Waals surface area contributed by atoms with Gasteiger partial charge in [0, 0.05) is 12.6 Å². The van der Waals surface area contributed by atoms with Crippen molar-refractivity contribution in [1.82, 2.24) is 4.90 Å². The minimum atomic E-state index is -0.262. The lowest BCUT2D eigenvalue weighted by molar-refractivity contribution is 0.0671. The average Bonchev–Trinajstić information content (AvgIpc) is 2.79. The lowest BCUT2D eigenvalue weighted by Crippen LogP contribution is -2.50. The molecule has 4 heteroatoms. The van der Waals surface area contributed by atoms with E-state index in [4.69, 9.17) is 10.5 Å². The maximum Gasteiger partial charge on any atom is 0.410 e. The summed E-state index contributed by atoms with van der Waals surface area (Å²) in [6, 6.07) is 9.78. The highest BCUT2D eigenvalue weighted by Crippen LogP contribution is 2.32. The molecule has 1 saturated heterocycles. The van der Waals surface area contributed by atoms with E-state index in [0.29, 0.717) is 13.2 Å². The fourth-order valence-electron chi connectivity index (χ4n) is 2.93. The van der Waals surface area contributed by atoms with Crippen molar-refractivity contribution in [1.29, 1.82) is 0 Å². The molecule has 0 bridgehead atoms. The summed E-state index contributed by atoms with van der Waals surface area (Å²) in [6.07, 6.45) is 0.573. The Balaban J connectivity index is 1.98. The topological polar surface area (TPSA) is 55.6 Å². The number of rotatable bonds is 2. The van der Waals surface area contributed by atoms with Crippen molar-refractivity contribution in [2.75, 3.05) is 6.54 Å². The minimum absolute atomic E-state index is 0.0271. The van der Waals surface area contributed by atoms with Gasteiger partial charge in [-0.25, -0.2) is 4.79 Å². The van der Waals surface area contributed by atoms with Crippen LogP contribution in [-0.2, 0) is 11.3 Å². The number of likely N-dealkylation sites (tertiary alicyclic amines) is 1. The molecule has 2 N–H and O–H groups in total. The molecule has 2 rings (SSSR count). The van der Waals surface area contributed by atoms with Crippen LogP contribution in [0.3, 0.4) is 0 Å². The first kappa shape index (κ1) is 14.9. The maximum atomic E-state index is 12.3. The molecular weight excluding hydrogens is 252 g/mol. The van der Waals surface area contributed by atoms with Gasteiger partial charge in [-0.15, -0.1) is 0 Å². The van der Waals surface area contributed by atoms with Crippen LogP contribution >= 0.6 is 0 Å². The average molecular weight is 276 g/mol. The predicted octanol–water partition coefficient (Wildman–Crippen LogP) is 2.77. The fraction of sp³-hybridized carbons (Fsp3) is 0.562. The molecule has 1 aliphatic rings. The van der Waals surface area contributed by atoms with Gasteiger partial charge in [0.25, 0.3) is 0 Å². The fourth-order valence-corrected chi connectivity index (χ4v) is 2.93. The molecule has 1 amide bonds. The first-order chi connectivity index (χ1) is 9.39. The summed E-state index contributed by atoms with van der Waals surface area (Å²) in [6.45, 7) is 7.32. The zero-order valence-electron chi connectivity index (χ0n) is 12.5. The summed E-state index contributed by atoms with van der Waals surface area (Å²) in [5, 5.41) is 0. The Labute approximate surface area is 120 Å². The highest BCUT2D eigenvalue weighted by molar-refractivity contribution is 5.68. The van der Waals surface area contributed by atoms with E-state index in [-0.39, 0.29) is 23.6 Å². The minimum Gasteiger partial charge on any atom is -0.445 e. The van der Waals surface area contributed by atoms with Crippen LogP contribution in [0, 0.1) is 5.41 Å². The number of amides is 1. The standard InChI is InChI=1S/C16H24N2O2/c1-16(2,3)14-13(17)9-10-18(14)15(19)20-11-12-7-5-4-6-8-12/h4-8,13-14H,9-11,17H2,1-3H3. The number of carbonyl (C=O) groups excluding carboxylic acids is 1. The molecular formula is C16H24N2O2. The number of nitrogens with zero attached hydrogens (tertiary/aromatic N) is 1. The van der Waals surface area contributed by atoms with E-state index in [1.165, 1.54) is 0 Å². The third kappa shape index (κ3) is 3.31. The van der Waals surface area contributed by atoms with Crippen molar-refractivity contribution < 1.29 is 9.53 Å². The number of ether oxygens (including phenoxy) is 1. The molecule has 1 aromatic rings. The zero-order valence-corrected chi connectivity index (χ0v) is 12.5. The van der Waals surface area contributed by atoms with Crippen molar-refractivity contribution in [3.05, 3.63) is 35.9 Å². The maximum absolute atomic E-state index is 12.3. The van der Waals surface area contributed by atoms with E-state index in [0.717, 1.165) is 12.0 Å². The second-order valence-corrected chi connectivity index (χ2v) is 6.50. The molecule has 1 fully saturated rings. The van der Waals surface area contributed by atoms with Crippen molar-refractivity contribution in [2.24, 2.45) is 11.1 Å². The molecule has 2 unspecified atom stereocenters. The monoisotopic (exact) mass is 276 g/mol. The molecule has 110 valence electrons. The molecule has 2 atom stereocenters. The van der Waals surface area contributed by atoms with Gasteiger partial charge in [-0.1, -0.05) is 51.1 Å². The third-order valence-corrected chi connectivity index (χ3v) is 3.77. The normalized spacial score (nSPS) is 22.9. The van der Waals surface area contributed by atoms with E-state index in [2.05, 4.69) is 20.8 Å².